The number of hydrogen-bond acceptors (Lipinski definition) is 6. The largest absolute Gasteiger partial charge is 0.493 e. The SMILES string of the molecule is O=C(N=Nc1c(O)n(Cc2cccc3ccccc23)c2ccccc12)C(=Cc1ccc2c(c1)OCO2)NC(=O)c1ccccc1. The predicted molar refractivity (Wildman–Crippen MR) is 171 cm³/mol. The van der Waals surface area contributed by atoms with Gasteiger partial charge >= 0.3 is 5.91 Å². The summed E-state index contributed by atoms with van der Waals surface area (Å²) < 4.78 is 12.6. The first-order valence-electron chi connectivity index (χ1n) is 14.3. The second-order valence-electron chi connectivity index (χ2n) is 10.4. The predicted octanol–water partition coefficient (Wildman–Crippen LogP) is 7.36. The van der Waals surface area contributed by atoms with E-state index < -0.39 is 11.8 Å². The normalized spacial score (nSPS) is 12.7. The summed E-state index contributed by atoms with van der Waals surface area (Å²) in [5.74, 6) is -0.308. The summed E-state index contributed by atoms with van der Waals surface area (Å²) in [6.45, 7) is 0.477. The Morgan fingerprint density at radius 1 is 0.822 bits per heavy atom. The Kier molecular flexibility index (Phi) is 7.25. The molecule has 0 unspecified atom stereocenters. The van der Waals surface area contributed by atoms with E-state index in [4.69, 9.17) is 9.47 Å². The van der Waals surface area contributed by atoms with Crippen LogP contribution >= 0.6 is 0 Å². The molecule has 6 aromatic rings. The lowest BCUT2D eigenvalue weighted by Crippen LogP contribution is -2.26. The summed E-state index contributed by atoms with van der Waals surface area (Å²) >= 11 is 0. The van der Waals surface area contributed by atoms with Gasteiger partial charge in [-0.3, -0.25) is 9.59 Å². The maximum absolute atomic E-state index is 13.5. The minimum atomic E-state index is -0.803. The van der Waals surface area contributed by atoms with Gasteiger partial charge in [-0.25, -0.2) is 0 Å². The highest BCUT2D eigenvalue weighted by molar-refractivity contribution is 6.06. The molecule has 0 bridgehead atoms. The Labute approximate surface area is 257 Å². The molecule has 9 heteroatoms. The van der Waals surface area contributed by atoms with Gasteiger partial charge in [0, 0.05) is 10.9 Å². The van der Waals surface area contributed by atoms with E-state index in [1.807, 2.05) is 66.7 Å². The number of carbonyl (C=O) groups excluding carboxylic acids is 2. The highest BCUT2D eigenvalue weighted by Crippen LogP contribution is 2.40. The monoisotopic (exact) mass is 594 g/mol. The molecule has 9 nitrogen and oxygen atoms in total. The quantitative estimate of drug-likeness (QED) is 0.148. The molecule has 7 rings (SSSR count). The number of fused-ring (bicyclic) bond motifs is 3. The molecule has 2 amide bonds. The number of benzene rings is 5. The van der Waals surface area contributed by atoms with Gasteiger partial charge in [-0.05, 0) is 58.3 Å². The van der Waals surface area contributed by atoms with Crippen LogP contribution in [0.25, 0.3) is 27.8 Å². The van der Waals surface area contributed by atoms with E-state index in [1.165, 1.54) is 6.08 Å². The van der Waals surface area contributed by atoms with Crippen LogP contribution in [0.2, 0.25) is 0 Å². The molecule has 0 spiro atoms. The van der Waals surface area contributed by atoms with Gasteiger partial charge in [0.15, 0.2) is 17.2 Å². The van der Waals surface area contributed by atoms with Crippen LogP contribution in [-0.4, -0.2) is 28.3 Å². The average Bonchev–Trinajstić information content (AvgIpc) is 3.65. The number of rotatable bonds is 7. The number of carbonyl (C=O) groups is 2. The van der Waals surface area contributed by atoms with E-state index in [9.17, 15) is 14.7 Å². The fourth-order valence-electron chi connectivity index (χ4n) is 5.39. The molecule has 0 atom stereocenters. The first-order chi connectivity index (χ1) is 22.0. The van der Waals surface area contributed by atoms with Crippen LogP contribution in [-0.2, 0) is 11.3 Å². The summed E-state index contributed by atoms with van der Waals surface area (Å²) in [4.78, 5) is 26.6. The number of hydrogen-bond donors (Lipinski definition) is 2. The number of aromatic hydroxyl groups is 1. The maximum Gasteiger partial charge on any atom is 0.311 e. The van der Waals surface area contributed by atoms with Crippen molar-refractivity contribution in [1.29, 1.82) is 0 Å². The van der Waals surface area contributed by atoms with Crippen molar-refractivity contribution in [3.8, 4) is 17.4 Å². The first kappa shape index (κ1) is 27.6. The van der Waals surface area contributed by atoms with Crippen molar-refractivity contribution >= 4 is 45.3 Å². The number of aromatic nitrogens is 1. The van der Waals surface area contributed by atoms with Crippen LogP contribution in [0, 0.1) is 0 Å². The third-order valence-electron chi connectivity index (χ3n) is 7.59. The number of para-hydroxylation sites is 1. The van der Waals surface area contributed by atoms with Gasteiger partial charge in [0.25, 0.3) is 5.91 Å². The van der Waals surface area contributed by atoms with E-state index >= 15 is 0 Å². The second-order valence-corrected chi connectivity index (χ2v) is 10.4. The topological polar surface area (TPSA) is 115 Å². The van der Waals surface area contributed by atoms with E-state index in [-0.39, 0.29) is 24.1 Å². The fourth-order valence-corrected chi connectivity index (χ4v) is 5.39. The Morgan fingerprint density at radius 3 is 2.42 bits per heavy atom. The van der Waals surface area contributed by atoms with Crippen LogP contribution in [0.5, 0.6) is 17.4 Å². The molecule has 2 heterocycles. The zero-order chi connectivity index (χ0) is 30.8. The van der Waals surface area contributed by atoms with Crippen LogP contribution < -0.4 is 14.8 Å². The van der Waals surface area contributed by atoms with E-state index in [2.05, 4.69) is 15.5 Å². The van der Waals surface area contributed by atoms with E-state index in [0.717, 1.165) is 21.9 Å². The van der Waals surface area contributed by atoms with Gasteiger partial charge < -0.3 is 24.5 Å². The van der Waals surface area contributed by atoms with Gasteiger partial charge in [-0.15, -0.1) is 10.2 Å². The van der Waals surface area contributed by atoms with Gasteiger partial charge in [0.1, 0.15) is 5.70 Å². The standard InChI is InChI=1S/C36H26N4O5/c41-34(25-10-2-1-3-11-25)37-29(19-23-17-18-31-32(20-23)45-22-44-31)35(42)39-38-33-28-15-6-7-16-30(28)40(36(33)43)21-26-13-8-12-24-9-4-5-14-27(24)26/h1-20,43H,21-22H2,(H,37,41). The van der Waals surface area contributed by atoms with Crippen molar-refractivity contribution in [2.45, 2.75) is 6.54 Å². The van der Waals surface area contributed by atoms with Crippen molar-refractivity contribution in [2.75, 3.05) is 6.79 Å². The zero-order valence-electron chi connectivity index (χ0n) is 23.9. The lowest BCUT2D eigenvalue weighted by atomic mass is 10.0. The molecular weight excluding hydrogens is 568 g/mol. The zero-order valence-corrected chi connectivity index (χ0v) is 23.9. The smallest absolute Gasteiger partial charge is 0.311 e. The minimum Gasteiger partial charge on any atom is -0.493 e. The molecule has 1 aliphatic rings. The number of ether oxygens (including phenoxy) is 2. The molecule has 0 aliphatic carbocycles. The highest BCUT2D eigenvalue weighted by Gasteiger charge is 2.20. The summed E-state index contributed by atoms with van der Waals surface area (Å²) in [5.41, 5.74) is 2.74. The van der Waals surface area contributed by atoms with Gasteiger partial charge in [0.05, 0.1) is 12.1 Å². The van der Waals surface area contributed by atoms with Gasteiger partial charge in [-0.1, -0.05) is 84.9 Å². The summed E-state index contributed by atoms with van der Waals surface area (Å²) in [7, 11) is 0. The molecule has 0 radical (unpaired) electrons. The molecule has 1 aromatic heterocycles. The van der Waals surface area contributed by atoms with Crippen LogP contribution in [0.4, 0.5) is 5.69 Å². The average molecular weight is 595 g/mol. The summed E-state index contributed by atoms with van der Waals surface area (Å²) in [6.07, 6.45) is 1.49. The number of nitrogens with one attached hydrogen (secondary N) is 1. The van der Waals surface area contributed by atoms with E-state index in [1.54, 1.807) is 53.1 Å². The minimum absolute atomic E-state index is 0.102. The van der Waals surface area contributed by atoms with Gasteiger partial charge in [-0.2, -0.15) is 0 Å². The van der Waals surface area contributed by atoms with Crippen LogP contribution in [0.1, 0.15) is 21.5 Å². The van der Waals surface area contributed by atoms with Crippen molar-refractivity contribution in [2.24, 2.45) is 10.2 Å². The Hall–Kier alpha value is -6.22. The summed E-state index contributed by atoms with van der Waals surface area (Å²) in [6, 6.07) is 35.2. The number of nitrogens with zero attached hydrogens (tertiary/aromatic N) is 3. The lowest BCUT2D eigenvalue weighted by Gasteiger charge is -2.10. The molecule has 2 N–H and O–H groups in total. The fraction of sp³-hybridized carbons (Fsp3) is 0.0556. The van der Waals surface area contributed by atoms with E-state index in [0.29, 0.717) is 34.6 Å². The molecular formula is C36H26N4O5. The highest BCUT2D eigenvalue weighted by atomic mass is 16.7. The molecule has 1 aliphatic heterocycles. The number of amides is 2. The molecule has 5 aromatic carbocycles. The third-order valence-corrected chi connectivity index (χ3v) is 7.59. The van der Waals surface area contributed by atoms with Crippen molar-refractivity contribution in [3.05, 3.63) is 138 Å². The lowest BCUT2D eigenvalue weighted by molar-refractivity contribution is -0.115. The molecule has 45 heavy (non-hydrogen) atoms. The number of azo groups is 1. The third kappa shape index (κ3) is 5.50. The van der Waals surface area contributed by atoms with Crippen LogP contribution in [0.3, 0.4) is 0 Å². The molecule has 0 saturated heterocycles. The van der Waals surface area contributed by atoms with Crippen molar-refractivity contribution in [3.63, 3.8) is 0 Å². The molecule has 0 fully saturated rings. The molecule has 0 saturated carbocycles. The van der Waals surface area contributed by atoms with Crippen molar-refractivity contribution in [1.82, 2.24) is 9.88 Å². The Bertz CT molecular complexity index is 2150. The Balaban J connectivity index is 1.24. The molecule has 220 valence electrons. The van der Waals surface area contributed by atoms with Gasteiger partial charge in [0.2, 0.25) is 12.7 Å². The Morgan fingerprint density at radius 2 is 1.56 bits per heavy atom. The summed E-state index contributed by atoms with van der Waals surface area (Å²) in [5, 5.41) is 25.1. The van der Waals surface area contributed by atoms with Crippen LogP contribution in [0.15, 0.2) is 131 Å². The van der Waals surface area contributed by atoms with Crippen molar-refractivity contribution < 1.29 is 24.2 Å². The second kappa shape index (κ2) is 11.8. The maximum atomic E-state index is 13.5. The first-order valence-corrected chi connectivity index (χ1v) is 14.3.